The van der Waals surface area contributed by atoms with Crippen molar-refractivity contribution in [1.82, 2.24) is 13.7 Å². The second kappa shape index (κ2) is 11.7. The van der Waals surface area contributed by atoms with Gasteiger partial charge in [-0.15, -0.1) is 0 Å². The first kappa shape index (κ1) is 34.5. The van der Waals surface area contributed by atoms with Crippen LogP contribution in [0, 0.1) is 0 Å². The van der Waals surface area contributed by atoms with Gasteiger partial charge in [0.1, 0.15) is 34.2 Å². The standard InChI is InChI=1S/C60H31B2N3O3/c1-6-19-44-34(12-1)35-13-2-7-20-45(35)63(44)32-24-26-41-49(28-32)67-52-31-53-56-60-55(52)61(41)43-18-11-17-38-40-30-51-54(39-16-5-10-23-48(39)66-51)57(59(40)65(60)58(38)43)62(56)42-27-25-33(29-50(42)68-53)64-46-21-8-3-14-36(46)37-15-4-9-22-47(37)64/h1-31H. The van der Waals surface area contributed by atoms with E-state index < -0.39 is 0 Å². The summed E-state index contributed by atoms with van der Waals surface area (Å²) < 4.78 is 28.9. The van der Waals surface area contributed by atoms with Gasteiger partial charge in [0.05, 0.1) is 27.6 Å². The molecule has 8 heteroatoms. The smallest absolute Gasteiger partial charge is 0.257 e. The van der Waals surface area contributed by atoms with Crippen LogP contribution in [0.1, 0.15) is 0 Å². The summed E-state index contributed by atoms with van der Waals surface area (Å²) in [5, 5.41) is 9.63. The van der Waals surface area contributed by atoms with Crippen LogP contribution in [0.2, 0.25) is 0 Å². The van der Waals surface area contributed by atoms with E-state index in [-0.39, 0.29) is 13.4 Å². The Hall–Kier alpha value is -8.87. The van der Waals surface area contributed by atoms with Crippen molar-refractivity contribution in [3.05, 3.63) is 188 Å². The predicted molar refractivity (Wildman–Crippen MR) is 279 cm³/mol. The highest BCUT2D eigenvalue weighted by Crippen LogP contribution is 2.46. The number of aromatic nitrogens is 3. The number of fused-ring (bicyclic) bond motifs is 17. The van der Waals surface area contributed by atoms with Gasteiger partial charge in [-0.2, -0.15) is 0 Å². The Morgan fingerprint density at radius 1 is 0.324 bits per heavy atom. The van der Waals surface area contributed by atoms with Crippen molar-refractivity contribution in [2.45, 2.75) is 0 Å². The quantitative estimate of drug-likeness (QED) is 0.163. The van der Waals surface area contributed by atoms with Gasteiger partial charge in [0, 0.05) is 83.9 Å². The minimum absolute atomic E-state index is 0.0631. The van der Waals surface area contributed by atoms with Gasteiger partial charge in [-0.05, 0) is 81.3 Å². The van der Waals surface area contributed by atoms with Crippen LogP contribution in [0.3, 0.4) is 0 Å². The van der Waals surface area contributed by atoms with Gasteiger partial charge >= 0.3 is 0 Å². The van der Waals surface area contributed by atoms with Crippen molar-refractivity contribution in [3.8, 4) is 40.1 Å². The molecule has 0 saturated heterocycles. The van der Waals surface area contributed by atoms with Gasteiger partial charge in [-0.3, -0.25) is 0 Å². The van der Waals surface area contributed by atoms with E-state index in [9.17, 15) is 0 Å². The average Bonchev–Trinajstić information content (AvgIpc) is 4.13. The highest BCUT2D eigenvalue weighted by molar-refractivity contribution is 7.04. The molecule has 14 aromatic rings. The lowest BCUT2D eigenvalue weighted by molar-refractivity contribution is 0.465. The zero-order chi connectivity index (χ0) is 43.7. The Bertz CT molecular complexity index is 4620. The van der Waals surface area contributed by atoms with Gasteiger partial charge in [0.2, 0.25) is 0 Å². The van der Waals surface area contributed by atoms with Crippen molar-refractivity contribution >= 4 is 134 Å². The van der Waals surface area contributed by atoms with Gasteiger partial charge in [0.15, 0.2) is 0 Å². The molecule has 6 nitrogen and oxygen atoms in total. The number of rotatable bonds is 2. The summed E-state index contributed by atoms with van der Waals surface area (Å²) in [6.07, 6.45) is 0. The maximum atomic E-state index is 7.38. The normalized spacial score (nSPS) is 13.8. The van der Waals surface area contributed by atoms with E-state index in [0.29, 0.717) is 0 Å². The molecule has 10 aromatic carbocycles. The Balaban J connectivity index is 0.946. The van der Waals surface area contributed by atoms with E-state index >= 15 is 0 Å². The fourth-order valence-corrected chi connectivity index (χ4v) is 13.4. The molecule has 4 aromatic heterocycles. The topological polar surface area (TPSA) is 46.4 Å². The van der Waals surface area contributed by atoms with E-state index in [1.165, 1.54) is 81.9 Å². The zero-order valence-corrected chi connectivity index (χ0v) is 36.1. The first-order valence-electron chi connectivity index (χ1n) is 23.5. The fraction of sp³-hybridized carbons (Fsp3) is 0. The molecule has 0 spiro atoms. The molecule has 4 aliphatic heterocycles. The summed E-state index contributed by atoms with van der Waals surface area (Å²) in [7, 11) is 0. The van der Waals surface area contributed by atoms with Gasteiger partial charge in [-0.25, -0.2) is 0 Å². The van der Waals surface area contributed by atoms with Crippen molar-refractivity contribution < 1.29 is 13.9 Å². The van der Waals surface area contributed by atoms with E-state index in [1.807, 2.05) is 0 Å². The second-order valence-electron chi connectivity index (χ2n) is 19.0. The molecule has 0 fully saturated rings. The third-order valence-electron chi connectivity index (χ3n) is 15.9. The van der Waals surface area contributed by atoms with Crippen molar-refractivity contribution in [2.75, 3.05) is 0 Å². The molecule has 0 aliphatic carbocycles. The Kier molecular flexibility index (Phi) is 5.95. The fourth-order valence-electron chi connectivity index (χ4n) is 13.4. The Morgan fingerprint density at radius 2 is 0.838 bits per heavy atom. The van der Waals surface area contributed by atoms with E-state index in [0.717, 1.165) is 78.3 Å². The van der Waals surface area contributed by atoms with Crippen LogP contribution in [0.5, 0.6) is 23.0 Å². The molecule has 0 radical (unpaired) electrons. The van der Waals surface area contributed by atoms with Crippen LogP contribution in [-0.4, -0.2) is 27.1 Å². The highest BCUT2D eigenvalue weighted by Gasteiger charge is 2.50. The Morgan fingerprint density at radius 3 is 1.44 bits per heavy atom. The van der Waals surface area contributed by atoms with Crippen molar-refractivity contribution in [2.24, 2.45) is 0 Å². The largest absolute Gasteiger partial charge is 0.458 e. The lowest BCUT2D eigenvalue weighted by atomic mass is 9.30. The SMILES string of the molecule is c1ccc2c(c1)oc1cc3c4cccc5c4n4c3c(c12)B1c2ccc(-n3c6ccccc6c6ccccc63)cc2Oc2cc3c(c-4c21)B5c1ccc(-n2c4ccccc4c4ccccc42)cc1O3. The van der Waals surface area contributed by atoms with Gasteiger partial charge < -0.3 is 27.6 Å². The molecule has 0 atom stereocenters. The molecule has 0 amide bonds. The first-order valence-corrected chi connectivity index (χ1v) is 23.5. The maximum absolute atomic E-state index is 7.38. The zero-order valence-electron chi connectivity index (χ0n) is 36.1. The average molecular weight is 864 g/mol. The summed E-state index contributed by atoms with van der Waals surface area (Å²) >= 11 is 0. The van der Waals surface area contributed by atoms with Gasteiger partial charge in [0.25, 0.3) is 13.4 Å². The van der Waals surface area contributed by atoms with Crippen molar-refractivity contribution in [1.29, 1.82) is 0 Å². The monoisotopic (exact) mass is 863 g/mol. The summed E-state index contributed by atoms with van der Waals surface area (Å²) in [6, 6.07) is 68.4. The van der Waals surface area contributed by atoms with Crippen LogP contribution >= 0.6 is 0 Å². The van der Waals surface area contributed by atoms with Crippen LogP contribution in [0.25, 0.3) is 104 Å². The van der Waals surface area contributed by atoms with Crippen LogP contribution in [-0.2, 0) is 0 Å². The third-order valence-corrected chi connectivity index (χ3v) is 15.9. The van der Waals surface area contributed by atoms with Gasteiger partial charge in [-0.1, -0.05) is 121 Å². The number of ether oxygens (including phenoxy) is 2. The number of hydrogen-bond acceptors (Lipinski definition) is 3. The number of benzene rings is 10. The molecule has 0 N–H and O–H groups in total. The van der Waals surface area contributed by atoms with Crippen molar-refractivity contribution in [3.63, 3.8) is 0 Å². The second-order valence-corrected chi connectivity index (χ2v) is 19.0. The summed E-state index contributed by atoms with van der Waals surface area (Å²) in [5.41, 5.74) is 19.5. The number of furan rings is 1. The molecule has 68 heavy (non-hydrogen) atoms. The van der Waals surface area contributed by atoms with Crippen LogP contribution < -0.4 is 42.3 Å². The van der Waals surface area contributed by atoms with E-state index in [4.69, 9.17) is 13.9 Å². The lowest BCUT2D eigenvalue weighted by Gasteiger charge is -2.40. The molecule has 0 bridgehead atoms. The number of para-hydroxylation sites is 6. The number of hydrogen-bond donors (Lipinski definition) is 0. The molecule has 310 valence electrons. The molecular formula is C60H31B2N3O3. The van der Waals surface area contributed by atoms with E-state index in [1.54, 1.807) is 0 Å². The third kappa shape index (κ3) is 3.93. The molecule has 4 aliphatic rings. The molecular weight excluding hydrogens is 832 g/mol. The maximum Gasteiger partial charge on any atom is 0.257 e. The predicted octanol–water partition coefficient (Wildman–Crippen LogP) is 10.7. The minimum Gasteiger partial charge on any atom is -0.458 e. The van der Waals surface area contributed by atoms with E-state index in [2.05, 4.69) is 202 Å². The molecule has 8 heterocycles. The summed E-state index contributed by atoms with van der Waals surface area (Å²) in [6.45, 7) is -0.210. The Labute approximate surface area is 387 Å². The molecule has 18 rings (SSSR count). The highest BCUT2D eigenvalue weighted by atomic mass is 16.5. The summed E-state index contributed by atoms with van der Waals surface area (Å²) in [4.78, 5) is 0. The van der Waals surface area contributed by atoms with Crippen LogP contribution in [0.4, 0.5) is 0 Å². The molecule has 0 unspecified atom stereocenters. The lowest BCUT2D eigenvalue weighted by Crippen LogP contribution is -2.65. The molecule has 0 saturated carbocycles. The first-order chi connectivity index (χ1) is 33.7. The number of nitrogens with zero attached hydrogens (tertiary/aromatic N) is 3. The van der Waals surface area contributed by atoms with Crippen LogP contribution in [0.15, 0.2) is 192 Å². The minimum atomic E-state index is -0.147. The summed E-state index contributed by atoms with van der Waals surface area (Å²) in [5.74, 6) is 3.35.